The number of nitrogens with two attached hydrogens (primary N) is 1. The van der Waals surface area contributed by atoms with Gasteiger partial charge in [0, 0.05) is 11.4 Å². The van der Waals surface area contributed by atoms with Gasteiger partial charge in [-0.15, -0.1) is 0 Å². The Bertz CT molecular complexity index is 1120. The quantitative estimate of drug-likeness (QED) is 0.268. The molecule has 0 fully saturated rings. The number of hydrogen-bond donors (Lipinski definition) is 3. The van der Waals surface area contributed by atoms with Crippen molar-refractivity contribution in [3.05, 3.63) is 84.4 Å². The second kappa shape index (κ2) is 7.75. The highest BCUT2D eigenvalue weighted by Crippen LogP contribution is 2.25. The van der Waals surface area contributed by atoms with Crippen LogP contribution in [0.3, 0.4) is 0 Å². The lowest BCUT2D eigenvalue weighted by atomic mass is 10.1. The SMILES string of the molecule is C/C(=N\Nc1nc2ccccc2nc1Nc1ccccc1)c1ccc(N)cc1. The summed E-state index contributed by atoms with van der Waals surface area (Å²) in [5.74, 6) is 1.16. The van der Waals surface area contributed by atoms with Gasteiger partial charge in [0.05, 0.1) is 16.7 Å². The average molecular weight is 368 g/mol. The Kier molecular flexibility index (Phi) is 4.84. The summed E-state index contributed by atoms with van der Waals surface area (Å²) in [5.41, 5.74) is 13.9. The second-order valence-electron chi connectivity index (χ2n) is 6.33. The van der Waals surface area contributed by atoms with Crippen LogP contribution in [0.15, 0.2) is 84.0 Å². The molecule has 0 aliphatic heterocycles. The number of hydrogen-bond acceptors (Lipinski definition) is 6. The summed E-state index contributed by atoms with van der Waals surface area (Å²) in [6.07, 6.45) is 0. The maximum absolute atomic E-state index is 5.76. The zero-order chi connectivity index (χ0) is 19.3. The predicted octanol–water partition coefficient (Wildman–Crippen LogP) is 4.79. The monoisotopic (exact) mass is 368 g/mol. The molecule has 4 rings (SSSR count). The van der Waals surface area contributed by atoms with Gasteiger partial charge in [-0.2, -0.15) is 5.10 Å². The molecule has 28 heavy (non-hydrogen) atoms. The third kappa shape index (κ3) is 3.91. The number of aromatic nitrogens is 2. The average Bonchev–Trinajstić information content (AvgIpc) is 2.73. The molecule has 6 nitrogen and oxygen atoms in total. The number of anilines is 4. The standard InChI is InChI=1S/C22H20N6/c1-15(16-11-13-17(23)14-12-16)27-28-22-21(24-18-7-3-2-4-8-18)25-19-9-5-6-10-20(19)26-22/h2-14H,23H2,1H3,(H,24,25)(H,26,28)/b27-15+. The lowest BCUT2D eigenvalue weighted by Crippen LogP contribution is -2.05. The number of hydrazone groups is 1. The number of nitrogen functional groups attached to an aromatic ring is 1. The van der Waals surface area contributed by atoms with Crippen molar-refractivity contribution in [2.24, 2.45) is 5.10 Å². The Balaban J connectivity index is 1.68. The van der Waals surface area contributed by atoms with Gasteiger partial charge >= 0.3 is 0 Å². The number of nitrogens with one attached hydrogen (secondary N) is 2. The van der Waals surface area contributed by atoms with Gasteiger partial charge in [-0.1, -0.05) is 42.5 Å². The molecule has 0 saturated heterocycles. The molecule has 1 heterocycles. The minimum atomic E-state index is 0.553. The highest BCUT2D eigenvalue weighted by molar-refractivity contribution is 5.99. The summed E-state index contributed by atoms with van der Waals surface area (Å²) in [6.45, 7) is 1.93. The molecule has 0 saturated carbocycles. The first-order chi connectivity index (χ1) is 13.7. The second-order valence-corrected chi connectivity index (χ2v) is 6.33. The van der Waals surface area contributed by atoms with Crippen LogP contribution in [-0.2, 0) is 0 Å². The largest absolute Gasteiger partial charge is 0.399 e. The number of fused-ring (bicyclic) bond motifs is 1. The summed E-state index contributed by atoms with van der Waals surface area (Å²) < 4.78 is 0. The fourth-order valence-corrected chi connectivity index (χ4v) is 2.75. The molecule has 4 aromatic rings. The van der Waals surface area contributed by atoms with Crippen LogP contribution in [0.5, 0.6) is 0 Å². The molecule has 0 radical (unpaired) electrons. The van der Waals surface area contributed by atoms with Crippen LogP contribution < -0.4 is 16.5 Å². The molecule has 4 N–H and O–H groups in total. The van der Waals surface area contributed by atoms with E-state index >= 15 is 0 Å². The van der Waals surface area contributed by atoms with Gasteiger partial charge in [-0.25, -0.2) is 9.97 Å². The Morgan fingerprint density at radius 3 is 2.07 bits per heavy atom. The van der Waals surface area contributed by atoms with E-state index < -0.39 is 0 Å². The number of rotatable bonds is 5. The molecule has 0 bridgehead atoms. The van der Waals surface area contributed by atoms with Gasteiger partial charge in [0.2, 0.25) is 0 Å². The van der Waals surface area contributed by atoms with E-state index in [0.717, 1.165) is 33.7 Å². The van der Waals surface area contributed by atoms with Gasteiger partial charge in [-0.3, -0.25) is 5.43 Å². The summed E-state index contributed by atoms with van der Waals surface area (Å²) in [4.78, 5) is 9.40. The van der Waals surface area contributed by atoms with E-state index in [0.29, 0.717) is 11.6 Å². The van der Waals surface area contributed by atoms with Gasteiger partial charge < -0.3 is 11.1 Å². The fraction of sp³-hybridized carbons (Fsp3) is 0.0455. The molecule has 0 amide bonds. The van der Waals surface area contributed by atoms with Gasteiger partial charge in [0.25, 0.3) is 0 Å². The normalized spacial score (nSPS) is 11.4. The van der Waals surface area contributed by atoms with Crippen LogP contribution in [0.2, 0.25) is 0 Å². The maximum atomic E-state index is 5.76. The minimum absolute atomic E-state index is 0.553. The van der Waals surface area contributed by atoms with Crippen LogP contribution in [-0.4, -0.2) is 15.7 Å². The zero-order valence-corrected chi connectivity index (χ0v) is 15.4. The highest BCUT2D eigenvalue weighted by atomic mass is 15.3. The lowest BCUT2D eigenvalue weighted by Gasteiger charge is -2.12. The Morgan fingerprint density at radius 1 is 0.786 bits per heavy atom. The van der Waals surface area contributed by atoms with Crippen LogP contribution in [0.1, 0.15) is 12.5 Å². The van der Waals surface area contributed by atoms with E-state index in [1.165, 1.54) is 0 Å². The molecule has 0 spiro atoms. The first-order valence-corrected chi connectivity index (χ1v) is 8.94. The van der Waals surface area contributed by atoms with E-state index in [2.05, 4.69) is 20.8 Å². The Hall–Kier alpha value is -3.93. The topological polar surface area (TPSA) is 88.2 Å². The molecule has 3 aromatic carbocycles. The summed E-state index contributed by atoms with van der Waals surface area (Å²) >= 11 is 0. The lowest BCUT2D eigenvalue weighted by molar-refractivity contribution is 1.20. The third-order valence-electron chi connectivity index (χ3n) is 4.27. The smallest absolute Gasteiger partial charge is 0.190 e. The van der Waals surface area contributed by atoms with Gasteiger partial charge in [0.1, 0.15) is 0 Å². The van der Waals surface area contributed by atoms with Crippen LogP contribution in [0.25, 0.3) is 11.0 Å². The van der Waals surface area contributed by atoms with E-state index in [1.807, 2.05) is 85.8 Å². The molecule has 138 valence electrons. The molecule has 0 atom stereocenters. The van der Waals surface area contributed by atoms with Crippen LogP contribution in [0, 0.1) is 0 Å². The minimum Gasteiger partial charge on any atom is -0.399 e. The van der Waals surface area contributed by atoms with Gasteiger partial charge in [-0.05, 0) is 48.9 Å². The third-order valence-corrected chi connectivity index (χ3v) is 4.27. The van der Waals surface area contributed by atoms with Crippen molar-refractivity contribution in [1.29, 1.82) is 0 Å². The van der Waals surface area contributed by atoms with Crippen molar-refractivity contribution >= 4 is 39.8 Å². The van der Waals surface area contributed by atoms with Crippen molar-refractivity contribution in [3.8, 4) is 0 Å². The first-order valence-electron chi connectivity index (χ1n) is 8.94. The number of benzene rings is 3. The molecule has 6 heteroatoms. The van der Waals surface area contributed by atoms with E-state index in [1.54, 1.807) is 0 Å². The van der Waals surface area contributed by atoms with E-state index in [4.69, 9.17) is 10.7 Å². The molecule has 0 aliphatic rings. The Labute approximate surface area is 163 Å². The molecular formula is C22H20N6. The highest BCUT2D eigenvalue weighted by Gasteiger charge is 2.09. The van der Waals surface area contributed by atoms with Crippen molar-refractivity contribution < 1.29 is 0 Å². The van der Waals surface area contributed by atoms with Gasteiger partial charge in [0.15, 0.2) is 11.6 Å². The zero-order valence-electron chi connectivity index (χ0n) is 15.4. The van der Waals surface area contributed by atoms with Crippen molar-refractivity contribution in [2.45, 2.75) is 6.92 Å². The Morgan fingerprint density at radius 2 is 1.39 bits per heavy atom. The predicted molar refractivity (Wildman–Crippen MR) is 116 cm³/mol. The fourth-order valence-electron chi connectivity index (χ4n) is 2.75. The van der Waals surface area contributed by atoms with Crippen LogP contribution in [0.4, 0.5) is 23.0 Å². The number of para-hydroxylation sites is 3. The summed E-state index contributed by atoms with van der Waals surface area (Å²) in [7, 11) is 0. The molecule has 0 aliphatic carbocycles. The van der Waals surface area contributed by atoms with Crippen molar-refractivity contribution in [3.63, 3.8) is 0 Å². The number of nitrogens with zero attached hydrogens (tertiary/aromatic N) is 3. The molecule has 1 aromatic heterocycles. The first kappa shape index (κ1) is 17.5. The molecular weight excluding hydrogens is 348 g/mol. The summed E-state index contributed by atoms with van der Waals surface area (Å²) in [6, 6.07) is 25.2. The van der Waals surface area contributed by atoms with Crippen LogP contribution >= 0.6 is 0 Å². The van der Waals surface area contributed by atoms with E-state index in [-0.39, 0.29) is 0 Å². The maximum Gasteiger partial charge on any atom is 0.190 e. The van der Waals surface area contributed by atoms with Crippen molar-refractivity contribution in [2.75, 3.05) is 16.5 Å². The summed E-state index contributed by atoms with van der Waals surface area (Å²) in [5, 5.41) is 7.80. The van der Waals surface area contributed by atoms with E-state index in [9.17, 15) is 0 Å². The molecule has 0 unspecified atom stereocenters. The van der Waals surface area contributed by atoms with Crippen molar-refractivity contribution in [1.82, 2.24) is 9.97 Å².